The number of benzene rings is 1. The Morgan fingerprint density at radius 3 is 2.32 bits per heavy atom. The molecule has 1 aromatic carbocycles. The largest absolute Gasteiger partial charge is 0.372 e. The van der Waals surface area contributed by atoms with Gasteiger partial charge in [0.25, 0.3) is 0 Å². The average Bonchev–Trinajstić information content (AvgIpc) is 2.48. The Morgan fingerprint density at radius 1 is 1.11 bits per heavy atom. The quantitative estimate of drug-likeness (QED) is 0.589. The fourth-order valence-electron chi connectivity index (χ4n) is 2.45. The third kappa shape index (κ3) is 4.46. The van der Waals surface area contributed by atoms with Crippen molar-refractivity contribution in [1.29, 1.82) is 0 Å². The van der Waals surface area contributed by atoms with E-state index in [1.165, 1.54) is 5.56 Å². The lowest BCUT2D eigenvalue weighted by Crippen LogP contribution is -2.47. The Morgan fingerprint density at radius 2 is 1.74 bits per heavy atom. The molecule has 1 saturated heterocycles. The lowest BCUT2D eigenvalue weighted by atomic mass is 10.1. The number of hydrogen-bond donors (Lipinski definition) is 0. The summed E-state index contributed by atoms with van der Waals surface area (Å²) in [6.07, 6.45) is 0.175. The van der Waals surface area contributed by atoms with Crippen LogP contribution in [0.2, 0.25) is 0 Å². The maximum Gasteiger partial charge on any atom is 0.0951 e. The molecule has 1 aliphatic rings. The summed E-state index contributed by atoms with van der Waals surface area (Å²) in [5.74, 6) is 0. The van der Waals surface area contributed by atoms with Gasteiger partial charge in [-0.1, -0.05) is 30.3 Å². The predicted molar refractivity (Wildman–Crippen MR) is 79.5 cm³/mol. The van der Waals surface area contributed by atoms with E-state index in [4.69, 9.17) is 16.3 Å². The van der Waals surface area contributed by atoms with Gasteiger partial charge in [-0.25, -0.2) is 0 Å². The second-order valence-corrected chi connectivity index (χ2v) is 5.13. The lowest BCUT2D eigenvalue weighted by molar-refractivity contribution is 0.0202. The van der Waals surface area contributed by atoms with Crippen molar-refractivity contribution in [3.8, 4) is 0 Å². The zero-order valence-electron chi connectivity index (χ0n) is 11.6. The van der Waals surface area contributed by atoms with Crippen molar-refractivity contribution in [3.05, 3.63) is 35.9 Å². The average molecular weight is 283 g/mol. The molecule has 106 valence electrons. The molecule has 1 aromatic rings. The van der Waals surface area contributed by atoms with Gasteiger partial charge in [-0.15, -0.1) is 11.6 Å². The van der Waals surface area contributed by atoms with Crippen molar-refractivity contribution in [1.82, 2.24) is 9.80 Å². The van der Waals surface area contributed by atoms with Crippen LogP contribution in [-0.2, 0) is 4.74 Å². The number of halogens is 1. The number of rotatable bonds is 6. The molecule has 0 aliphatic carbocycles. The Balaban J connectivity index is 1.91. The number of piperazine rings is 1. The minimum Gasteiger partial charge on any atom is -0.372 e. The zero-order valence-corrected chi connectivity index (χ0v) is 12.4. The van der Waals surface area contributed by atoms with Gasteiger partial charge in [0.1, 0.15) is 0 Å². The summed E-state index contributed by atoms with van der Waals surface area (Å²) in [5.41, 5.74) is 1.27. The van der Waals surface area contributed by atoms with Crippen molar-refractivity contribution in [2.45, 2.75) is 13.0 Å². The molecular weight excluding hydrogens is 260 g/mol. The predicted octanol–water partition coefficient (Wildman–Crippen LogP) is 2.58. The van der Waals surface area contributed by atoms with E-state index in [1.807, 2.05) is 6.07 Å². The van der Waals surface area contributed by atoms with Gasteiger partial charge in [0.05, 0.1) is 12.1 Å². The van der Waals surface area contributed by atoms with Crippen LogP contribution in [0.3, 0.4) is 0 Å². The molecule has 0 bridgehead atoms. The molecule has 0 aromatic heterocycles. The second-order valence-electron chi connectivity index (χ2n) is 4.89. The lowest BCUT2D eigenvalue weighted by Gasteiger charge is -2.35. The van der Waals surface area contributed by atoms with Crippen LogP contribution in [0.25, 0.3) is 0 Å². The van der Waals surface area contributed by atoms with Crippen molar-refractivity contribution < 1.29 is 4.74 Å². The van der Waals surface area contributed by atoms with Gasteiger partial charge in [0.2, 0.25) is 0 Å². The normalized spacial score (nSPS) is 19.5. The molecule has 1 unspecified atom stereocenters. The number of alkyl halides is 1. The number of hydrogen-bond acceptors (Lipinski definition) is 3. The van der Waals surface area contributed by atoms with E-state index in [9.17, 15) is 0 Å². The minimum atomic E-state index is 0.175. The summed E-state index contributed by atoms with van der Waals surface area (Å²) in [5, 5.41) is 0. The van der Waals surface area contributed by atoms with E-state index in [2.05, 4.69) is 41.0 Å². The molecule has 1 atom stereocenters. The first-order valence-corrected chi connectivity index (χ1v) is 7.54. The molecule has 0 saturated carbocycles. The molecule has 0 spiro atoms. The van der Waals surface area contributed by atoms with Crippen molar-refractivity contribution in [3.63, 3.8) is 0 Å². The van der Waals surface area contributed by atoms with E-state index in [1.54, 1.807) is 0 Å². The molecule has 0 radical (unpaired) electrons. The highest BCUT2D eigenvalue weighted by Crippen LogP contribution is 2.19. The van der Waals surface area contributed by atoms with Crippen LogP contribution in [0.5, 0.6) is 0 Å². The third-order valence-corrected chi connectivity index (χ3v) is 3.94. The van der Waals surface area contributed by atoms with Gasteiger partial charge >= 0.3 is 0 Å². The summed E-state index contributed by atoms with van der Waals surface area (Å²) in [6.45, 7) is 8.02. The molecular formula is C15H23ClN2O. The number of ether oxygens (including phenoxy) is 1. The van der Waals surface area contributed by atoms with Crippen LogP contribution in [-0.4, -0.2) is 55.1 Å². The SMILES string of the molecule is CCOC(CN1CCN(CCl)CC1)c1ccccc1. The highest BCUT2D eigenvalue weighted by Gasteiger charge is 2.20. The Labute approximate surface area is 121 Å². The highest BCUT2D eigenvalue weighted by atomic mass is 35.5. The van der Waals surface area contributed by atoms with E-state index < -0.39 is 0 Å². The summed E-state index contributed by atoms with van der Waals surface area (Å²) in [4.78, 5) is 4.74. The van der Waals surface area contributed by atoms with Gasteiger partial charge < -0.3 is 4.74 Å². The van der Waals surface area contributed by atoms with Crippen LogP contribution in [0.1, 0.15) is 18.6 Å². The fourth-order valence-corrected chi connectivity index (χ4v) is 2.69. The smallest absolute Gasteiger partial charge is 0.0951 e. The molecule has 1 fully saturated rings. The standard InChI is InChI=1S/C15H23ClN2O/c1-2-19-15(14-6-4-3-5-7-14)12-17-8-10-18(13-16)11-9-17/h3-7,15H,2,8-13H2,1H3. The second kappa shape index (κ2) is 7.85. The monoisotopic (exact) mass is 282 g/mol. The van der Waals surface area contributed by atoms with Crippen LogP contribution in [0, 0.1) is 0 Å². The van der Waals surface area contributed by atoms with Gasteiger partial charge in [-0.3, -0.25) is 9.80 Å². The van der Waals surface area contributed by atoms with E-state index in [-0.39, 0.29) is 6.10 Å². The molecule has 4 heteroatoms. The first-order valence-electron chi connectivity index (χ1n) is 7.00. The van der Waals surface area contributed by atoms with Crippen molar-refractivity contribution >= 4 is 11.6 Å². The summed E-state index contributed by atoms with van der Waals surface area (Å²) in [7, 11) is 0. The van der Waals surface area contributed by atoms with Crippen molar-refractivity contribution in [2.24, 2.45) is 0 Å². The molecule has 19 heavy (non-hydrogen) atoms. The van der Waals surface area contributed by atoms with Gasteiger partial charge in [-0.2, -0.15) is 0 Å². The third-order valence-electron chi connectivity index (χ3n) is 3.60. The van der Waals surface area contributed by atoms with E-state index in [0.29, 0.717) is 6.00 Å². The first-order chi connectivity index (χ1) is 9.33. The maximum atomic E-state index is 5.90. The van der Waals surface area contributed by atoms with E-state index in [0.717, 1.165) is 39.3 Å². The van der Waals surface area contributed by atoms with Crippen LogP contribution in [0.4, 0.5) is 0 Å². The van der Waals surface area contributed by atoms with Crippen LogP contribution in [0.15, 0.2) is 30.3 Å². The maximum absolute atomic E-state index is 5.90. The van der Waals surface area contributed by atoms with Gasteiger partial charge in [0, 0.05) is 39.3 Å². The molecule has 3 nitrogen and oxygen atoms in total. The molecule has 2 rings (SSSR count). The molecule has 0 N–H and O–H groups in total. The summed E-state index contributed by atoms with van der Waals surface area (Å²) >= 11 is 5.86. The van der Waals surface area contributed by atoms with E-state index >= 15 is 0 Å². The number of nitrogens with zero attached hydrogens (tertiary/aromatic N) is 2. The van der Waals surface area contributed by atoms with Crippen molar-refractivity contribution in [2.75, 3.05) is 45.3 Å². The van der Waals surface area contributed by atoms with Gasteiger partial charge in [-0.05, 0) is 12.5 Å². The Hall–Kier alpha value is -0.610. The molecule has 1 aliphatic heterocycles. The minimum absolute atomic E-state index is 0.175. The van der Waals surface area contributed by atoms with Crippen LogP contribution >= 0.6 is 11.6 Å². The summed E-state index contributed by atoms with van der Waals surface area (Å²) < 4.78 is 5.90. The summed E-state index contributed by atoms with van der Waals surface area (Å²) in [6, 6.07) is 11.1. The Kier molecular flexibility index (Phi) is 6.11. The topological polar surface area (TPSA) is 15.7 Å². The first kappa shape index (κ1) is 14.8. The van der Waals surface area contributed by atoms with Crippen LogP contribution < -0.4 is 0 Å². The van der Waals surface area contributed by atoms with Gasteiger partial charge in [0.15, 0.2) is 0 Å². The Bertz CT molecular complexity index is 352. The molecule has 0 amide bonds. The highest BCUT2D eigenvalue weighted by molar-refractivity contribution is 6.17. The zero-order chi connectivity index (χ0) is 13.5. The molecule has 1 heterocycles. The fraction of sp³-hybridized carbons (Fsp3) is 0.600.